The average molecular weight is 1840 g/mol. The predicted molar refractivity (Wildman–Crippen MR) is 356 cm³/mol. The Labute approximate surface area is 744 Å². The molecule has 0 saturated carbocycles. The van der Waals surface area contributed by atoms with Crippen LogP contribution in [0.4, 0.5) is 0 Å². The van der Waals surface area contributed by atoms with Gasteiger partial charge in [0.1, 0.15) is 23.0 Å². The van der Waals surface area contributed by atoms with E-state index >= 15 is 0 Å². The van der Waals surface area contributed by atoms with E-state index in [0.29, 0.717) is 21.5 Å². The summed E-state index contributed by atoms with van der Waals surface area (Å²) in [6.45, 7) is -5.06. The molecule has 6 aromatic carbocycles. The van der Waals surface area contributed by atoms with E-state index in [1.807, 2.05) is 0 Å². The fourth-order valence-corrected chi connectivity index (χ4v) is 12.6. The number of carboxylic acids is 8. The summed E-state index contributed by atoms with van der Waals surface area (Å²) in [7, 11) is 0. The van der Waals surface area contributed by atoms with Gasteiger partial charge in [0.05, 0.1) is 71.0 Å². The second-order valence-corrected chi connectivity index (χ2v) is 25.2. The van der Waals surface area contributed by atoms with E-state index in [1.165, 1.54) is 99.9 Å². The third kappa shape index (κ3) is 30.1. The summed E-state index contributed by atoms with van der Waals surface area (Å²) in [4.78, 5) is 161. The van der Waals surface area contributed by atoms with Crippen LogP contribution in [0.1, 0.15) is 55.1 Å². The van der Waals surface area contributed by atoms with Crippen LogP contribution in [0.3, 0.4) is 0 Å². The topological polar surface area (TPSA) is 522 Å². The van der Waals surface area contributed by atoms with Crippen molar-refractivity contribution < 1.29 is 257 Å². The van der Waals surface area contributed by atoms with Gasteiger partial charge in [-0.3, -0.25) is 80.1 Å². The molecule has 2 unspecified atom stereocenters. The molecule has 0 aromatic heterocycles. The van der Waals surface area contributed by atoms with Crippen LogP contribution in [-0.4, -0.2) is 278 Å². The predicted octanol–water partition coefficient (Wildman–Crippen LogP) is -16.8. The third-order valence-electron chi connectivity index (χ3n) is 17.9. The quantitative estimate of drug-likeness (QED) is 0.0196. The third-order valence-corrected chi connectivity index (χ3v) is 17.9. The zero-order valence-corrected chi connectivity index (χ0v) is 68.9. The number of carbonyl (C=O) groups is 12. The summed E-state index contributed by atoms with van der Waals surface area (Å²) in [5.74, 6) is -16.5. The summed E-state index contributed by atoms with van der Waals surface area (Å²) in [6.07, 6.45) is -0.314. The molecule has 40 heteroatoms. The van der Waals surface area contributed by atoms with Crippen molar-refractivity contribution in [1.29, 1.82) is 0 Å². The van der Waals surface area contributed by atoms with Gasteiger partial charge in [0.2, 0.25) is 0 Å². The van der Waals surface area contributed by atoms with E-state index in [2.05, 4.69) is 21.7 Å². The number of carbonyl (C=O) groups excluding carboxylic acids is 12. The number of hydrogen-bond donors (Lipinski definition) is 6. The van der Waals surface area contributed by atoms with E-state index in [0.717, 1.165) is 0 Å². The number of phenols is 2. The number of carboxylic acid groups (broad SMARTS) is 8. The Morgan fingerprint density at radius 2 is 0.613 bits per heavy atom. The van der Waals surface area contributed by atoms with E-state index < -0.39 is 147 Å². The van der Waals surface area contributed by atoms with Gasteiger partial charge in [-0.2, -0.15) is 0 Å². The molecule has 0 bridgehead atoms. The minimum absolute atomic E-state index is 0. The monoisotopic (exact) mass is 1840 g/mol. The first-order valence-corrected chi connectivity index (χ1v) is 33.6. The SMILES string of the molecule is O=C([O-])CN1CCN(CC(=O)[O-])CCN(C(C(=O)[O-])c2ccc(OCC(=O)NNC(=O)c3cc4ccccc4c(Cc4c(O)c(C(=O)NNC(=O)COc5ccc(C(C(=O)[O-])N6CCN(CC(=O)[O-])CCN(CC(=O)[O-])CCN(CC(=O)[O-])CC6)cc5)cc5ccccc45)c3O)cc2)CCN(CC(=O)[O-])CC1.[Gd+3].[Gd+3].[Na+].[Na+]. The van der Waals surface area contributed by atoms with E-state index in [-0.39, 0.29) is 295 Å². The van der Waals surface area contributed by atoms with Crippen LogP contribution < -0.4 is 131 Å². The first-order valence-electron chi connectivity index (χ1n) is 33.6. The van der Waals surface area contributed by atoms with Gasteiger partial charge >= 0.3 is 139 Å². The zero-order valence-electron chi connectivity index (χ0n) is 60.4. The summed E-state index contributed by atoms with van der Waals surface area (Å²) in [5, 5.41) is 121. The van der Waals surface area contributed by atoms with Crippen molar-refractivity contribution in [2.24, 2.45) is 0 Å². The van der Waals surface area contributed by atoms with Gasteiger partial charge < -0.3 is 98.9 Å². The minimum atomic E-state index is -1.56. The van der Waals surface area contributed by atoms with Crippen molar-refractivity contribution in [3.05, 3.63) is 143 Å². The van der Waals surface area contributed by atoms with Gasteiger partial charge in [-0.25, -0.2) is 0 Å². The van der Waals surface area contributed by atoms with Crippen molar-refractivity contribution in [2.75, 3.05) is 157 Å². The van der Waals surface area contributed by atoms with E-state index in [4.69, 9.17) is 9.47 Å². The average Bonchev–Trinajstić information content (AvgIpc) is 0.768. The molecule has 111 heavy (non-hydrogen) atoms. The van der Waals surface area contributed by atoms with Crippen LogP contribution in [0, 0.1) is 79.9 Å². The summed E-state index contributed by atoms with van der Waals surface area (Å²) in [6, 6.07) is 23.8. The summed E-state index contributed by atoms with van der Waals surface area (Å²) < 4.78 is 11.3. The van der Waals surface area contributed by atoms with Gasteiger partial charge in [-0.05, 0) is 69.1 Å². The van der Waals surface area contributed by atoms with Gasteiger partial charge in [0.25, 0.3) is 23.6 Å². The number of rotatable bonds is 28. The largest absolute Gasteiger partial charge is 3.00 e. The van der Waals surface area contributed by atoms with Crippen molar-refractivity contribution in [3.8, 4) is 23.0 Å². The van der Waals surface area contributed by atoms with Gasteiger partial charge in [0, 0.05) is 162 Å². The van der Waals surface area contributed by atoms with Gasteiger partial charge in [0.15, 0.2) is 13.2 Å². The molecule has 6 aromatic rings. The second kappa shape index (κ2) is 47.6. The fraction of sp³-hybridized carbons (Fsp3) is 0.380. The van der Waals surface area contributed by atoms with Gasteiger partial charge in [-0.1, -0.05) is 72.8 Å². The molecule has 0 spiro atoms. The molecule has 0 aliphatic carbocycles. The van der Waals surface area contributed by atoms with Crippen LogP contribution in [0.25, 0.3) is 21.5 Å². The normalized spacial score (nSPS) is 15.6. The minimum Gasteiger partial charge on any atom is -0.549 e. The number of aliphatic carboxylic acids is 8. The molecule has 2 aliphatic heterocycles. The van der Waals surface area contributed by atoms with Crippen molar-refractivity contribution in [3.63, 3.8) is 0 Å². The van der Waals surface area contributed by atoms with E-state index in [1.54, 1.807) is 48.5 Å². The number of hydrazine groups is 2. The molecule has 2 radical (unpaired) electrons. The van der Waals surface area contributed by atoms with Crippen LogP contribution in [-0.2, 0) is 54.4 Å². The molecule has 2 saturated heterocycles. The first kappa shape index (κ1) is 96.4. The Morgan fingerprint density at radius 3 is 0.865 bits per heavy atom. The molecular formula is C71H76Gd2N12Na2O24. The molecule has 36 nitrogen and oxygen atoms in total. The number of phenolic OH excluding ortho intramolecular Hbond substituents is 2. The van der Waals surface area contributed by atoms with Gasteiger partial charge in [-0.15, -0.1) is 0 Å². The molecule has 8 rings (SSSR count). The van der Waals surface area contributed by atoms with Crippen LogP contribution >= 0.6 is 0 Å². The second-order valence-electron chi connectivity index (χ2n) is 25.2. The maximum atomic E-state index is 13.9. The number of nitrogens with one attached hydrogen (secondary N) is 4. The number of nitrogens with zero attached hydrogens (tertiary/aromatic N) is 8. The maximum Gasteiger partial charge on any atom is 3.00 e. The molecular weight excluding hydrogens is 1770 g/mol. The maximum absolute atomic E-state index is 13.9. The molecule has 2 heterocycles. The van der Waals surface area contributed by atoms with Crippen LogP contribution in [0.15, 0.2) is 109 Å². The Balaban J connectivity index is 0.00000650. The molecule has 6 N–H and O–H groups in total. The number of amides is 4. The number of ether oxygens (including phenoxy) is 2. The number of hydrogen-bond acceptors (Lipinski definition) is 32. The molecule has 2 atom stereocenters. The van der Waals surface area contributed by atoms with E-state index in [9.17, 15) is 109 Å². The Hall–Kier alpha value is -6.99. The Kier molecular flexibility index (Phi) is 41.4. The fourth-order valence-electron chi connectivity index (χ4n) is 12.6. The smallest absolute Gasteiger partial charge is 0.549 e. The summed E-state index contributed by atoms with van der Waals surface area (Å²) in [5.41, 5.74) is 8.76. The molecule has 2 fully saturated rings. The molecule has 2 aliphatic rings. The van der Waals surface area contributed by atoms with Crippen molar-refractivity contribution in [2.45, 2.75) is 18.5 Å². The number of fused-ring (bicyclic) bond motifs is 2. The molecule has 582 valence electrons. The standard InChI is InChI=1S/C71H84N12O24.2Gd.2Na/c84-56(42-106-48-13-9-44(10-14-48)64(70(102)103)82-29-25-78(38-60(90)91)21-17-76(36-58(86)87)18-22-79(26-30-82)39-61(92)93)72-74-68(100)54-33-46-5-1-3-7-50(46)52(66(54)98)35-53-51-8-4-2-6-47(51)34-55(67(53)99)69(101)75-73-57(85)43-107-49-15-11-45(12-16-49)65(71(104)105)83-31-27-80(40-62(94)95)23-19-77(37-59(88)89)20-24-81(28-32-83)41-63(96)97;;;;/h1-16,33-34,64-65,98-99H,17-32,35-43H2,(H,72,84)(H,73,85)(H,74,100)(H,75,101)(H,86,87)(H,88,89)(H,90,91)(H,92,93)(H,94,95)(H,96,97)(H,102,103)(H,104,105);;;;/q;2*+3;2*+1/p-8. The summed E-state index contributed by atoms with van der Waals surface area (Å²) >= 11 is 0. The zero-order chi connectivity index (χ0) is 77.4. The van der Waals surface area contributed by atoms with Crippen LogP contribution in [0.5, 0.6) is 23.0 Å². The number of benzene rings is 6. The number of aromatic hydroxyl groups is 2. The van der Waals surface area contributed by atoms with Crippen LogP contribution in [0.2, 0.25) is 0 Å². The molecule has 4 amide bonds. The van der Waals surface area contributed by atoms with Crippen molar-refractivity contribution >= 4 is 92.9 Å². The Bertz CT molecular complexity index is 3930. The first-order chi connectivity index (χ1) is 51.1. The van der Waals surface area contributed by atoms with Crippen molar-refractivity contribution in [1.82, 2.24) is 60.9 Å². The Morgan fingerprint density at radius 1 is 0.360 bits per heavy atom.